The normalized spacial score (nSPS) is 12.7. The van der Waals surface area contributed by atoms with Gasteiger partial charge in [0.2, 0.25) is 23.2 Å². The van der Waals surface area contributed by atoms with Gasteiger partial charge in [0.1, 0.15) is 0 Å². The molecular formula is C9H21Ag4Cl2O15S4. The van der Waals surface area contributed by atoms with E-state index in [1.807, 2.05) is 0 Å². The summed E-state index contributed by atoms with van der Waals surface area (Å²) in [6.45, 7) is 4.04. The van der Waals surface area contributed by atoms with Crippen LogP contribution in [0.1, 0.15) is 13.8 Å². The van der Waals surface area contributed by atoms with Gasteiger partial charge >= 0.3 is 22.4 Å². The quantitative estimate of drug-likeness (QED) is 0.0778. The van der Waals surface area contributed by atoms with Crippen molar-refractivity contribution < 1.29 is 157 Å². The minimum absolute atomic E-state index is 0. The molecule has 25 heteroatoms. The predicted octanol–water partition coefficient (Wildman–Crippen LogP) is -0.607. The van der Waals surface area contributed by atoms with Crippen LogP contribution >= 0.6 is 21.4 Å². The Morgan fingerprint density at radius 1 is 0.735 bits per heavy atom. The molecule has 1 aliphatic rings. The van der Waals surface area contributed by atoms with Crippen LogP contribution in [0.2, 0.25) is 0 Å². The molecule has 1 heterocycles. The van der Waals surface area contributed by atoms with Crippen molar-refractivity contribution in [2.45, 2.75) is 13.8 Å². The minimum Gasteiger partial charge on any atom is -0.509 e. The molecule has 0 aromatic heterocycles. The average molecular weight is 1000 g/mol. The zero-order valence-electron chi connectivity index (χ0n) is 15.3. The second-order valence-corrected chi connectivity index (χ2v) is 13.4. The third kappa shape index (κ3) is 76.5. The number of rotatable bonds is 5. The van der Waals surface area contributed by atoms with Gasteiger partial charge in [0, 0.05) is 102 Å². The molecule has 0 aromatic carbocycles. The molecule has 0 aliphatic carbocycles. The Morgan fingerprint density at radius 3 is 1.12 bits per heavy atom. The standard InChI is InChI=1S/C5H10O2.CH2Cl2O4S2.CH4O6S2.CHO3.CH4.4Ag/c1-2-6-4-5-7-3-1;2-8(4,5)1-9(3,6)7;2-8(3,4)1-9(5,6)7;2-1-4-3;;;;;/h1-5H2;1H2;1H2,(H,2,3,4)(H,5,6,7);3H;1H4;;;;/q;;;-1;;;;;+1. The Balaban J connectivity index is -0.0000000433. The number of ether oxygens (including phenoxy) is 2. The summed E-state index contributed by atoms with van der Waals surface area (Å²) in [5.74, 6) is 0. The van der Waals surface area contributed by atoms with Gasteiger partial charge in [0.25, 0.3) is 20.2 Å². The number of hydrogen-bond donors (Lipinski definition) is 3. The maximum Gasteiger partial charge on any atom is 1.00 e. The van der Waals surface area contributed by atoms with Crippen LogP contribution in [0.5, 0.6) is 0 Å². The molecule has 0 atom stereocenters. The Morgan fingerprint density at radius 2 is 1.00 bits per heavy atom. The van der Waals surface area contributed by atoms with Crippen molar-refractivity contribution in [1.82, 2.24) is 0 Å². The minimum atomic E-state index is -4.62. The SMILES string of the molecule is C.C1COCCOC1.O=S(=O)(Cl)CS(=O)(=O)Cl.O=S(=O)(O)CS(=O)(=O)O.O=[C-]OO.[Ag+].[Ag].[Ag].[Ag]. The first kappa shape index (κ1) is 56.7. The van der Waals surface area contributed by atoms with E-state index in [-0.39, 0.29) is 96.9 Å². The maximum absolute atomic E-state index is 9.95. The van der Waals surface area contributed by atoms with E-state index in [9.17, 15) is 33.7 Å². The Bertz CT molecular complexity index is 724. The summed E-state index contributed by atoms with van der Waals surface area (Å²) in [5, 5.41) is 4.07. The van der Waals surface area contributed by atoms with E-state index >= 15 is 0 Å². The van der Waals surface area contributed by atoms with Gasteiger partial charge in [0.05, 0.1) is 13.2 Å². The number of carbonyl (C=O) groups excluding carboxylic acids is 1. The van der Waals surface area contributed by atoms with Gasteiger partial charge in [-0.25, -0.2) is 22.1 Å². The summed E-state index contributed by atoms with van der Waals surface area (Å²) in [6.07, 6.45) is 1.06. The van der Waals surface area contributed by atoms with Gasteiger partial charge in [-0.05, 0) is 12.9 Å². The smallest absolute Gasteiger partial charge is 0.509 e. The molecule has 15 nitrogen and oxygen atoms in total. The summed E-state index contributed by atoms with van der Waals surface area (Å²) in [7, 11) is -8.25. The zero-order chi connectivity index (χ0) is 23.8. The number of hydrogen-bond acceptors (Lipinski definition) is 13. The molecule has 34 heavy (non-hydrogen) atoms. The largest absolute Gasteiger partial charge is 1.00 e. The van der Waals surface area contributed by atoms with E-state index in [2.05, 4.69) is 26.3 Å². The van der Waals surface area contributed by atoms with Crippen LogP contribution in [0, 0.1) is 0 Å². The summed E-state index contributed by atoms with van der Waals surface area (Å²) in [5.41, 5.74) is 0. The first-order valence-electron chi connectivity index (χ1n) is 6.41. The Kier molecular flexibility index (Phi) is 50.3. The summed E-state index contributed by atoms with van der Waals surface area (Å²) < 4.78 is 104. The summed E-state index contributed by atoms with van der Waals surface area (Å²) >= 11 is 0. The van der Waals surface area contributed by atoms with E-state index in [1.54, 1.807) is 0 Å². The van der Waals surface area contributed by atoms with Crippen molar-refractivity contribution in [3.05, 3.63) is 0 Å². The van der Waals surface area contributed by atoms with E-state index in [0.29, 0.717) is 0 Å². The molecule has 1 saturated heterocycles. The van der Waals surface area contributed by atoms with E-state index in [1.165, 1.54) is 0 Å². The molecule has 3 N–H and O–H groups in total. The second-order valence-electron chi connectivity index (χ2n) is 4.23. The van der Waals surface area contributed by atoms with Crippen LogP contribution in [0.25, 0.3) is 0 Å². The first-order chi connectivity index (χ1) is 12.8. The molecule has 3 radical (unpaired) electrons. The monoisotopic (exact) mass is 995 g/mol. The van der Waals surface area contributed by atoms with Crippen LogP contribution in [-0.4, -0.2) is 91.1 Å². The maximum atomic E-state index is 9.95. The average Bonchev–Trinajstić information content (AvgIpc) is 2.73. The van der Waals surface area contributed by atoms with Crippen LogP contribution in [0.15, 0.2) is 0 Å². The topological polar surface area (TPSA) is 242 Å². The first-order valence-corrected chi connectivity index (χ1v) is 14.6. The van der Waals surface area contributed by atoms with Gasteiger partial charge in [-0.2, -0.15) is 16.8 Å². The molecule has 0 spiro atoms. The fourth-order valence-corrected chi connectivity index (χ4v) is 6.31. The van der Waals surface area contributed by atoms with Crippen LogP contribution in [0.3, 0.4) is 0 Å². The molecule has 0 aromatic rings. The molecule has 1 aliphatic heterocycles. The molecular weight excluding hydrogens is 979 g/mol. The number of halogens is 2. The van der Waals surface area contributed by atoms with Gasteiger partial charge in [0.15, 0.2) is 5.08 Å². The zero-order valence-corrected chi connectivity index (χ0v) is 26.0. The van der Waals surface area contributed by atoms with Gasteiger partial charge < -0.3 is 19.2 Å². The van der Waals surface area contributed by atoms with Crippen molar-refractivity contribution in [2.24, 2.45) is 0 Å². The molecule has 229 valence electrons. The third-order valence-electron chi connectivity index (χ3n) is 1.57. The predicted molar refractivity (Wildman–Crippen MR) is 105 cm³/mol. The van der Waals surface area contributed by atoms with Crippen molar-refractivity contribution in [1.29, 1.82) is 0 Å². The third-order valence-corrected chi connectivity index (χ3v) is 7.80. The van der Waals surface area contributed by atoms with Gasteiger partial charge in [-0.3, -0.25) is 9.11 Å². The molecule has 1 fully saturated rings. The summed E-state index contributed by atoms with van der Waals surface area (Å²) in [4.78, 5) is 11.3. The summed E-state index contributed by atoms with van der Waals surface area (Å²) in [6, 6.07) is 0. The fraction of sp³-hybridized carbons (Fsp3) is 0.889. The van der Waals surface area contributed by atoms with Crippen molar-refractivity contribution in [3.8, 4) is 0 Å². The van der Waals surface area contributed by atoms with E-state index in [4.69, 9.17) is 28.6 Å². The van der Waals surface area contributed by atoms with Crippen molar-refractivity contribution in [3.63, 3.8) is 0 Å². The van der Waals surface area contributed by atoms with Crippen LogP contribution < -0.4 is 0 Å². The molecule has 0 unspecified atom stereocenters. The molecule has 0 bridgehead atoms. The second kappa shape index (κ2) is 30.2. The van der Waals surface area contributed by atoms with Crippen LogP contribution in [0.4, 0.5) is 0 Å². The Labute approximate surface area is 270 Å². The molecule has 0 saturated carbocycles. The van der Waals surface area contributed by atoms with Gasteiger partial charge in [-0.15, -0.1) is 0 Å². The van der Waals surface area contributed by atoms with E-state index < -0.39 is 48.5 Å². The molecule has 0 amide bonds. The van der Waals surface area contributed by atoms with E-state index in [0.717, 1.165) is 39.3 Å². The molecule has 1 rings (SSSR count). The Hall–Kier alpha value is 2.61. The fourth-order valence-electron chi connectivity index (χ4n) is 0.941. The van der Waals surface area contributed by atoms with Crippen molar-refractivity contribution >= 4 is 66.2 Å². The van der Waals surface area contributed by atoms with Crippen molar-refractivity contribution in [2.75, 3.05) is 36.6 Å². The van der Waals surface area contributed by atoms with Crippen LogP contribution in [-0.2, 0) is 147 Å². The van der Waals surface area contributed by atoms with Gasteiger partial charge in [-0.1, -0.05) is 7.43 Å².